The van der Waals surface area contributed by atoms with Gasteiger partial charge in [0.2, 0.25) is 5.69 Å². The van der Waals surface area contributed by atoms with Crippen LogP contribution in [-0.2, 0) is 6.42 Å². The van der Waals surface area contributed by atoms with Crippen LogP contribution in [-0.4, -0.2) is 38.8 Å². The Labute approximate surface area is 134 Å². The first-order valence-corrected chi connectivity index (χ1v) is 8.22. The molecule has 1 fully saturated rings. The number of amides is 1. The lowest BCUT2D eigenvalue weighted by Crippen LogP contribution is -2.37. The van der Waals surface area contributed by atoms with E-state index in [4.69, 9.17) is 0 Å². The summed E-state index contributed by atoms with van der Waals surface area (Å²) >= 11 is 0. The Hall–Kier alpha value is -1.96. The normalized spacial score (nSPS) is 17.0. The maximum atomic E-state index is 12.2. The second-order valence-corrected chi connectivity index (χ2v) is 6.08. The number of hydrogen-bond acceptors (Lipinski definition) is 5. The number of carbonyl (C=O) groups is 1. The molecule has 1 aromatic heterocycles. The van der Waals surface area contributed by atoms with Crippen LogP contribution in [0.3, 0.4) is 0 Å². The van der Waals surface area contributed by atoms with Crippen molar-refractivity contribution in [2.24, 2.45) is 5.92 Å². The van der Waals surface area contributed by atoms with Crippen molar-refractivity contribution in [3.63, 3.8) is 0 Å². The van der Waals surface area contributed by atoms with Crippen molar-refractivity contribution < 1.29 is 14.8 Å². The van der Waals surface area contributed by atoms with E-state index >= 15 is 0 Å². The van der Waals surface area contributed by atoms with Gasteiger partial charge >= 0.3 is 5.69 Å². The molecular formula is C15H24N4O4. The van der Waals surface area contributed by atoms with Gasteiger partial charge < -0.3 is 10.4 Å². The number of aliphatic hydroxyl groups excluding tert-OH is 1. The number of H-pyrrole nitrogens is 1. The minimum absolute atomic E-state index is 0.0939. The van der Waals surface area contributed by atoms with Gasteiger partial charge in [-0.05, 0) is 25.2 Å². The van der Waals surface area contributed by atoms with Crippen LogP contribution in [0.1, 0.15) is 61.6 Å². The van der Waals surface area contributed by atoms with Gasteiger partial charge in [0.25, 0.3) is 5.91 Å². The van der Waals surface area contributed by atoms with E-state index in [0.717, 1.165) is 25.7 Å². The van der Waals surface area contributed by atoms with Crippen molar-refractivity contribution in [3.8, 4) is 0 Å². The maximum Gasteiger partial charge on any atom is 0.322 e. The van der Waals surface area contributed by atoms with Crippen molar-refractivity contribution >= 4 is 11.6 Å². The highest BCUT2D eigenvalue weighted by Crippen LogP contribution is 2.26. The summed E-state index contributed by atoms with van der Waals surface area (Å²) in [7, 11) is 0. The number of aromatic nitrogens is 2. The Bertz CT molecular complexity index is 552. The molecule has 0 aromatic carbocycles. The second-order valence-electron chi connectivity index (χ2n) is 6.08. The summed E-state index contributed by atoms with van der Waals surface area (Å²) in [6.07, 6.45) is 5.86. The molecule has 0 bridgehead atoms. The molecule has 1 heterocycles. The van der Waals surface area contributed by atoms with Crippen molar-refractivity contribution in [2.75, 3.05) is 6.54 Å². The fraction of sp³-hybridized carbons (Fsp3) is 0.733. The number of hydrogen-bond donors (Lipinski definition) is 3. The first kappa shape index (κ1) is 17.4. The first-order chi connectivity index (χ1) is 11.0. The molecule has 0 radical (unpaired) electrons. The van der Waals surface area contributed by atoms with E-state index in [0.29, 0.717) is 18.5 Å². The fourth-order valence-corrected chi connectivity index (χ4v) is 3.12. The van der Waals surface area contributed by atoms with Crippen LogP contribution in [0.4, 0.5) is 5.69 Å². The van der Waals surface area contributed by atoms with Gasteiger partial charge in [-0.2, -0.15) is 5.10 Å². The van der Waals surface area contributed by atoms with Gasteiger partial charge in [-0.3, -0.25) is 20.0 Å². The molecule has 0 aliphatic heterocycles. The zero-order chi connectivity index (χ0) is 16.8. The second kappa shape index (κ2) is 8.05. The Kier molecular flexibility index (Phi) is 6.09. The lowest BCUT2D eigenvalue weighted by atomic mass is 9.85. The highest BCUT2D eigenvalue weighted by Gasteiger charge is 2.29. The average Bonchev–Trinajstić information content (AvgIpc) is 2.97. The summed E-state index contributed by atoms with van der Waals surface area (Å²) in [6.45, 7) is 1.99. The Morgan fingerprint density at radius 1 is 1.48 bits per heavy atom. The number of aliphatic hydroxyl groups is 1. The van der Waals surface area contributed by atoms with Gasteiger partial charge in [-0.25, -0.2) is 0 Å². The highest BCUT2D eigenvalue weighted by atomic mass is 16.6. The van der Waals surface area contributed by atoms with Crippen molar-refractivity contribution in [3.05, 3.63) is 21.5 Å². The molecule has 8 nitrogen and oxygen atoms in total. The smallest absolute Gasteiger partial charge is 0.322 e. The van der Waals surface area contributed by atoms with Gasteiger partial charge in [0.1, 0.15) is 5.69 Å². The van der Waals surface area contributed by atoms with Crippen LogP contribution in [0.25, 0.3) is 0 Å². The maximum absolute atomic E-state index is 12.2. The van der Waals surface area contributed by atoms with E-state index in [1.165, 1.54) is 6.42 Å². The Morgan fingerprint density at radius 2 is 2.17 bits per heavy atom. The summed E-state index contributed by atoms with van der Waals surface area (Å²) in [6, 6.07) is 0. The molecule has 23 heavy (non-hydrogen) atoms. The largest absolute Gasteiger partial charge is 0.391 e. The number of aromatic amines is 1. The number of nitrogens with zero attached hydrogens (tertiary/aromatic N) is 2. The van der Waals surface area contributed by atoms with E-state index in [2.05, 4.69) is 15.5 Å². The molecule has 1 saturated carbocycles. The van der Waals surface area contributed by atoms with Crippen LogP contribution >= 0.6 is 0 Å². The third kappa shape index (κ3) is 4.28. The minimum atomic E-state index is -0.620. The number of rotatable bonds is 7. The SMILES string of the molecule is CCCc1[nH]nc(C(=O)NC[C@@H](O)C2CCCCC2)c1[N+](=O)[O-]. The zero-order valence-corrected chi connectivity index (χ0v) is 13.4. The number of carbonyl (C=O) groups excluding carboxylic acids is 1. The summed E-state index contributed by atoms with van der Waals surface area (Å²) in [5.41, 5.74) is -0.124. The summed E-state index contributed by atoms with van der Waals surface area (Å²) < 4.78 is 0. The molecule has 2 rings (SSSR count). The molecule has 1 aliphatic rings. The third-order valence-electron chi connectivity index (χ3n) is 4.38. The Balaban J connectivity index is 1.98. The number of nitro groups is 1. The minimum Gasteiger partial charge on any atom is -0.391 e. The van der Waals surface area contributed by atoms with E-state index in [1.807, 2.05) is 6.92 Å². The van der Waals surface area contributed by atoms with Crippen molar-refractivity contribution in [2.45, 2.75) is 58.0 Å². The number of aryl methyl sites for hydroxylation is 1. The monoisotopic (exact) mass is 324 g/mol. The van der Waals surface area contributed by atoms with Gasteiger partial charge in [0.15, 0.2) is 0 Å². The van der Waals surface area contributed by atoms with Gasteiger partial charge in [-0.1, -0.05) is 32.6 Å². The van der Waals surface area contributed by atoms with Crippen molar-refractivity contribution in [1.29, 1.82) is 0 Å². The van der Waals surface area contributed by atoms with E-state index in [9.17, 15) is 20.0 Å². The lowest BCUT2D eigenvalue weighted by Gasteiger charge is -2.26. The van der Waals surface area contributed by atoms with Crippen LogP contribution in [0.5, 0.6) is 0 Å². The molecule has 3 N–H and O–H groups in total. The molecule has 1 atom stereocenters. The summed E-state index contributed by atoms with van der Waals surface area (Å²) in [5.74, 6) is -0.431. The molecule has 1 aliphatic carbocycles. The van der Waals surface area contributed by atoms with Gasteiger partial charge in [0, 0.05) is 6.54 Å². The molecule has 1 amide bonds. The summed E-state index contributed by atoms with van der Waals surface area (Å²) in [5, 5.41) is 30.3. The molecule has 1 aromatic rings. The predicted octanol–water partition coefficient (Wildman–Crippen LogP) is 1.94. The standard InChI is InChI=1S/C15H24N4O4/c1-2-6-11-14(19(22)23)13(18-17-11)15(21)16-9-12(20)10-7-4-3-5-8-10/h10,12,20H,2-9H2,1H3,(H,16,21)(H,17,18)/t12-/m1/s1. The lowest BCUT2D eigenvalue weighted by molar-refractivity contribution is -0.385. The van der Waals surface area contributed by atoms with E-state index in [-0.39, 0.29) is 23.8 Å². The third-order valence-corrected chi connectivity index (χ3v) is 4.38. The van der Waals surface area contributed by atoms with E-state index < -0.39 is 16.9 Å². The van der Waals surface area contributed by atoms with Crippen LogP contribution in [0.15, 0.2) is 0 Å². The van der Waals surface area contributed by atoms with Crippen molar-refractivity contribution in [1.82, 2.24) is 15.5 Å². The van der Waals surface area contributed by atoms with Crippen LogP contribution < -0.4 is 5.32 Å². The quantitative estimate of drug-likeness (QED) is 0.523. The van der Waals surface area contributed by atoms with Gasteiger partial charge in [0.05, 0.1) is 11.0 Å². The molecule has 0 spiro atoms. The zero-order valence-electron chi connectivity index (χ0n) is 13.4. The van der Waals surface area contributed by atoms with Gasteiger partial charge in [-0.15, -0.1) is 0 Å². The van der Waals surface area contributed by atoms with E-state index in [1.54, 1.807) is 0 Å². The molecule has 0 saturated heterocycles. The molecule has 8 heteroatoms. The highest BCUT2D eigenvalue weighted by molar-refractivity contribution is 5.96. The molecule has 128 valence electrons. The molecule has 0 unspecified atom stereocenters. The topological polar surface area (TPSA) is 121 Å². The average molecular weight is 324 g/mol. The fourth-order valence-electron chi connectivity index (χ4n) is 3.12. The van der Waals surface area contributed by atoms with Crippen LogP contribution in [0, 0.1) is 16.0 Å². The number of nitrogens with one attached hydrogen (secondary N) is 2. The predicted molar refractivity (Wildman–Crippen MR) is 84.2 cm³/mol. The molecular weight excluding hydrogens is 300 g/mol. The van der Waals surface area contributed by atoms with Crippen LogP contribution in [0.2, 0.25) is 0 Å². The Morgan fingerprint density at radius 3 is 2.78 bits per heavy atom. The summed E-state index contributed by atoms with van der Waals surface area (Å²) in [4.78, 5) is 22.8. The first-order valence-electron chi connectivity index (χ1n) is 8.22.